The molecular weight excluding hydrogens is 286 g/mol. The Morgan fingerprint density at radius 1 is 1.22 bits per heavy atom. The van der Waals surface area contributed by atoms with Crippen LogP contribution in [0, 0.1) is 6.92 Å². The molecule has 122 valence electrons. The van der Waals surface area contributed by atoms with Crippen molar-refractivity contribution in [1.29, 1.82) is 0 Å². The van der Waals surface area contributed by atoms with E-state index in [1.54, 1.807) is 0 Å². The molecule has 1 aliphatic rings. The predicted molar refractivity (Wildman–Crippen MR) is 95.0 cm³/mol. The molecule has 0 aliphatic heterocycles. The van der Waals surface area contributed by atoms with Crippen LogP contribution in [0.4, 0.5) is 5.69 Å². The molecule has 1 saturated carbocycles. The van der Waals surface area contributed by atoms with Crippen LogP contribution < -0.4 is 10.6 Å². The Hall–Kier alpha value is -2.23. The van der Waals surface area contributed by atoms with Gasteiger partial charge >= 0.3 is 0 Å². The summed E-state index contributed by atoms with van der Waals surface area (Å²) >= 11 is 0. The number of carbonyl (C=O) groups excluding carboxylic acids is 1. The predicted octanol–water partition coefficient (Wildman–Crippen LogP) is 3.74. The first-order chi connectivity index (χ1) is 11.1. The second-order valence-corrected chi connectivity index (χ2v) is 6.21. The second-order valence-electron chi connectivity index (χ2n) is 6.21. The minimum absolute atomic E-state index is 0.345. The molecule has 1 amide bonds. The van der Waals surface area contributed by atoms with E-state index in [1.807, 2.05) is 13.0 Å². The van der Waals surface area contributed by atoms with Gasteiger partial charge in [-0.1, -0.05) is 12.1 Å². The number of rotatable bonds is 6. The monoisotopic (exact) mass is 311 g/mol. The standard InChI is InChI=1S/C19H25N3O/c1-4-21(5-2)15-8-6-14(7-9-15)18-12-17(19(20)23)13(3)22(18)16-10-11-16/h6-9,12,16H,4-5,10-11H2,1-3H3,(H2,20,23). The maximum absolute atomic E-state index is 11.7. The summed E-state index contributed by atoms with van der Waals surface area (Å²) in [7, 11) is 0. The molecule has 4 heteroatoms. The first kappa shape index (κ1) is 15.7. The largest absolute Gasteiger partial charge is 0.372 e. The molecule has 1 heterocycles. The summed E-state index contributed by atoms with van der Waals surface area (Å²) in [4.78, 5) is 14.0. The van der Waals surface area contributed by atoms with Crippen molar-refractivity contribution >= 4 is 11.6 Å². The van der Waals surface area contributed by atoms with Gasteiger partial charge in [0.1, 0.15) is 0 Å². The van der Waals surface area contributed by atoms with Gasteiger partial charge in [-0.05, 0) is 57.4 Å². The Bertz CT molecular complexity index is 707. The summed E-state index contributed by atoms with van der Waals surface area (Å²) in [6.45, 7) is 8.32. The molecule has 0 bridgehead atoms. The van der Waals surface area contributed by atoms with E-state index in [9.17, 15) is 4.79 Å². The van der Waals surface area contributed by atoms with Gasteiger partial charge < -0.3 is 15.2 Å². The molecule has 0 atom stereocenters. The fraction of sp³-hybridized carbons (Fsp3) is 0.421. The first-order valence-electron chi connectivity index (χ1n) is 8.43. The third kappa shape index (κ3) is 2.85. The van der Waals surface area contributed by atoms with Gasteiger partial charge in [0.15, 0.2) is 0 Å². The molecule has 1 aliphatic carbocycles. The van der Waals surface area contributed by atoms with E-state index in [2.05, 4.69) is 47.6 Å². The summed E-state index contributed by atoms with van der Waals surface area (Å²) in [5.41, 5.74) is 10.6. The Morgan fingerprint density at radius 3 is 2.30 bits per heavy atom. The number of hydrogen-bond acceptors (Lipinski definition) is 2. The van der Waals surface area contributed by atoms with Gasteiger partial charge in [-0.3, -0.25) is 4.79 Å². The Morgan fingerprint density at radius 2 is 1.83 bits per heavy atom. The van der Waals surface area contributed by atoms with Gasteiger partial charge in [0.25, 0.3) is 5.91 Å². The highest BCUT2D eigenvalue weighted by Crippen LogP contribution is 2.41. The number of amides is 1. The summed E-state index contributed by atoms with van der Waals surface area (Å²) in [6, 6.07) is 11.1. The van der Waals surface area contributed by atoms with Crippen molar-refractivity contribution in [1.82, 2.24) is 4.57 Å². The molecule has 0 radical (unpaired) electrons. The number of hydrogen-bond donors (Lipinski definition) is 1. The van der Waals surface area contributed by atoms with E-state index >= 15 is 0 Å². The molecular formula is C19H25N3O. The zero-order valence-corrected chi connectivity index (χ0v) is 14.2. The number of benzene rings is 1. The van der Waals surface area contributed by atoms with Gasteiger partial charge in [0.05, 0.1) is 5.56 Å². The minimum Gasteiger partial charge on any atom is -0.372 e. The van der Waals surface area contributed by atoms with E-state index in [-0.39, 0.29) is 5.91 Å². The van der Waals surface area contributed by atoms with Crippen molar-refractivity contribution in [2.24, 2.45) is 5.73 Å². The summed E-state index contributed by atoms with van der Waals surface area (Å²) in [5, 5.41) is 0. The van der Waals surface area contributed by atoms with Gasteiger partial charge in [0.2, 0.25) is 0 Å². The summed E-state index contributed by atoms with van der Waals surface area (Å²) in [5.74, 6) is -0.345. The van der Waals surface area contributed by atoms with E-state index in [0.717, 1.165) is 30.0 Å². The lowest BCUT2D eigenvalue weighted by Gasteiger charge is -2.21. The van der Waals surface area contributed by atoms with E-state index in [4.69, 9.17) is 5.73 Å². The average molecular weight is 311 g/mol. The Kier molecular flexibility index (Phi) is 4.16. The average Bonchev–Trinajstić information content (AvgIpc) is 3.32. The van der Waals surface area contributed by atoms with Crippen LogP contribution in [0.3, 0.4) is 0 Å². The number of anilines is 1. The zero-order valence-electron chi connectivity index (χ0n) is 14.2. The van der Waals surface area contributed by atoms with Crippen LogP contribution in [0.2, 0.25) is 0 Å². The Balaban J connectivity index is 2.01. The molecule has 0 saturated heterocycles. The Labute approximate surface area is 137 Å². The van der Waals surface area contributed by atoms with Crippen molar-refractivity contribution in [2.75, 3.05) is 18.0 Å². The third-order valence-electron chi connectivity index (χ3n) is 4.76. The highest BCUT2D eigenvalue weighted by atomic mass is 16.1. The van der Waals surface area contributed by atoms with Gasteiger partial charge in [0, 0.05) is 36.2 Å². The lowest BCUT2D eigenvalue weighted by molar-refractivity contribution is 0.0999. The van der Waals surface area contributed by atoms with Crippen LogP contribution >= 0.6 is 0 Å². The molecule has 1 aromatic carbocycles. The number of nitrogens with two attached hydrogens (primary N) is 1. The molecule has 0 unspecified atom stereocenters. The normalized spacial score (nSPS) is 14.0. The van der Waals surface area contributed by atoms with Crippen LogP contribution in [0.25, 0.3) is 11.3 Å². The molecule has 4 nitrogen and oxygen atoms in total. The van der Waals surface area contributed by atoms with Crippen LogP contribution in [0.1, 0.15) is 48.8 Å². The van der Waals surface area contributed by atoms with Crippen LogP contribution in [0.15, 0.2) is 30.3 Å². The maximum Gasteiger partial charge on any atom is 0.250 e. The summed E-state index contributed by atoms with van der Waals surface area (Å²) in [6.07, 6.45) is 2.36. The molecule has 0 spiro atoms. The van der Waals surface area contributed by atoms with Crippen LogP contribution in [-0.2, 0) is 0 Å². The number of nitrogens with zero attached hydrogens (tertiary/aromatic N) is 2. The topological polar surface area (TPSA) is 51.3 Å². The van der Waals surface area contributed by atoms with Gasteiger partial charge in [-0.25, -0.2) is 0 Å². The second kappa shape index (κ2) is 6.11. The zero-order chi connectivity index (χ0) is 16.6. The maximum atomic E-state index is 11.7. The fourth-order valence-corrected chi connectivity index (χ4v) is 3.33. The SMILES string of the molecule is CCN(CC)c1ccc(-c2cc(C(N)=O)c(C)n2C2CC2)cc1. The van der Waals surface area contributed by atoms with Crippen molar-refractivity contribution in [3.63, 3.8) is 0 Å². The van der Waals surface area contributed by atoms with E-state index < -0.39 is 0 Å². The van der Waals surface area contributed by atoms with E-state index in [0.29, 0.717) is 11.6 Å². The van der Waals surface area contributed by atoms with Crippen molar-refractivity contribution in [3.05, 3.63) is 41.6 Å². The molecule has 2 aromatic rings. The minimum atomic E-state index is -0.345. The van der Waals surface area contributed by atoms with Crippen molar-refractivity contribution in [2.45, 2.75) is 39.7 Å². The first-order valence-corrected chi connectivity index (χ1v) is 8.43. The molecule has 1 fully saturated rings. The highest BCUT2D eigenvalue weighted by Gasteiger charge is 2.29. The molecule has 1 aromatic heterocycles. The fourth-order valence-electron chi connectivity index (χ4n) is 3.33. The molecule has 3 rings (SSSR count). The van der Waals surface area contributed by atoms with E-state index in [1.165, 1.54) is 18.5 Å². The van der Waals surface area contributed by atoms with Crippen molar-refractivity contribution in [3.8, 4) is 11.3 Å². The number of carbonyl (C=O) groups is 1. The number of aromatic nitrogens is 1. The highest BCUT2D eigenvalue weighted by molar-refractivity contribution is 5.95. The molecule has 2 N–H and O–H groups in total. The van der Waals surface area contributed by atoms with Gasteiger partial charge in [-0.2, -0.15) is 0 Å². The van der Waals surface area contributed by atoms with Crippen LogP contribution in [0.5, 0.6) is 0 Å². The van der Waals surface area contributed by atoms with Crippen LogP contribution in [-0.4, -0.2) is 23.6 Å². The third-order valence-corrected chi connectivity index (χ3v) is 4.76. The lowest BCUT2D eigenvalue weighted by atomic mass is 10.1. The quantitative estimate of drug-likeness (QED) is 0.883. The molecule has 23 heavy (non-hydrogen) atoms. The lowest BCUT2D eigenvalue weighted by Crippen LogP contribution is -2.21. The smallest absolute Gasteiger partial charge is 0.250 e. The van der Waals surface area contributed by atoms with Gasteiger partial charge in [-0.15, -0.1) is 0 Å². The summed E-state index contributed by atoms with van der Waals surface area (Å²) < 4.78 is 2.28. The number of primary amides is 1. The van der Waals surface area contributed by atoms with Crippen molar-refractivity contribution < 1.29 is 4.79 Å².